The standard InChI is InChI=1S/C20H20FN3O2S/c1-13(15-4-2-3-5-17(15)21)24(14-6-7-14)18(25)8-10-23-12-22-19-16(20(23)26)9-11-27-19/h2-5,9,11-14H,6-8,10H2,1H3. The van der Waals surface area contributed by atoms with Crippen molar-refractivity contribution in [1.29, 1.82) is 0 Å². The van der Waals surface area contributed by atoms with Crippen LogP contribution in [0.25, 0.3) is 10.2 Å². The van der Waals surface area contributed by atoms with E-state index in [9.17, 15) is 14.0 Å². The first kappa shape index (κ1) is 17.9. The summed E-state index contributed by atoms with van der Waals surface area (Å²) in [4.78, 5) is 32.1. The fourth-order valence-electron chi connectivity index (χ4n) is 3.45. The van der Waals surface area contributed by atoms with Crippen LogP contribution >= 0.6 is 11.3 Å². The van der Waals surface area contributed by atoms with Gasteiger partial charge in [0.2, 0.25) is 5.91 Å². The highest BCUT2D eigenvalue weighted by Crippen LogP contribution is 2.35. The monoisotopic (exact) mass is 385 g/mol. The molecule has 1 aliphatic carbocycles. The molecule has 0 saturated heterocycles. The normalized spacial score (nSPS) is 15.0. The predicted molar refractivity (Wildman–Crippen MR) is 103 cm³/mol. The second kappa shape index (κ2) is 7.23. The molecule has 0 bridgehead atoms. The molecule has 1 aliphatic rings. The minimum atomic E-state index is -0.333. The van der Waals surface area contributed by atoms with E-state index in [0.717, 1.165) is 12.8 Å². The van der Waals surface area contributed by atoms with Gasteiger partial charge in [-0.25, -0.2) is 9.37 Å². The number of amides is 1. The Bertz CT molecular complexity index is 1040. The fraction of sp³-hybridized carbons (Fsp3) is 0.350. The maximum atomic E-state index is 14.2. The van der Waals surface area contributed by atoms with Gasteiger partial charge >= 0.3 is 0 Å². The van der Waals surface area contributed by atoms with Gasteiger partial charge in [-0.3, -0.25) is 14.2 Å². The highest BCUT2D eigenvalue weighted by Gasteiger charge is 2.36. The Kier molecular flexibility index (Phi) is 4.78. The van der Waals surface area contributed by atoms with E-state index in [1.807, 2.05) is 12.3 Å². The molecule has 0 N–H and O–H groups in total. The van der Waals surface area contributed by atoms with Crippen LogP contribution in [0, 0.1) is 5.82 Å². The van der Waals surface area contributed by atoms with Gasteiger partial charge in [0.05, 0.1) is 17.8 Å². The van der Waals surface area contributed by atoms with Gasteiger partial charge in [0, 0.05) is 24.6 Å². The number of thiophene rings is 1. The molecule has 1 aromatic carbocycles. The van der Waals surface area contributed by atoms with Gasteiger partial charge in [-0.15, -0.1) is 11.3 Å². The molecule has 1 fully saturated rings. The molecule has 0 aliphatic heterocycles. The van der Waals surface area contributed by atoms with Gasteiger partial charge in [0.15, 0.2) is 0 Å². The molecule has 2 aromatic heterocycles. The van der Waals surface area contributed by atoms with E-state index in [0.29, 0.717) is 15.8 Å². The number of benzene rings is 1. The van der Waals surface area contributed by atoms with E-state index < -0.39 is 0 Å². The first-order chi connectivity index (χ1) is 13.1. The van der Waals surface area contributed by atoms with Crippen LogP contribution in [0.4, 0.5) is 4.39 Å². The summed E-state index contributed by atoms with van der Waals surface area (Å²) in [6.45, 7) is 2.13. The van der Waals surface area contributed by atoms with Gasteiger partial charge in [-0.1, -0.05) is 18.2 Å². The molecule has 1 atom stereocenters. The van der Waals surface area contributed by atoms with Gasteiger partial charge in [0.25, 0.3) is 5.56 Å². The largest absolute Gasteiger partial charge is 0.333 e. The summed E-state index contributed by atoms with van der Waals surface area (Å²) < 4.78 is 15.7. The number of halogens is 1. The fourth-order valence-corrected chi connectivity index (χ4v) is 4.17. The van der Waals surface area contributed by atoms with Crippen molar-refractivity contribution < 1.29 is 9.18 Å². The van der Waals surface area contributed by atoms with Crippen molar-refractivity contribution in [2.75, 3.05) is 0 Å². The minimum Gasteiger partial charge on any atom is -0.333 e. The van der Waals surface area contributed by atoms with Crippen molar-refractivity contribution in [2.45, 2.75) is 44.8 Å². The lowest BCUT2D eigenvalue weighted by Gasteiger charge is -2.30. The van der Waals surface area contributed by atoms with Crippen LogP contribution in [0.2, 0.25) is 0 Å². The molecule has 1 unspecified atom stereocenters. The van der Waals surface area contributed by atoms with Crippen molar-refractivity contribution in [3.05, 3.63) is 63.8 Å². The number of fused-ring (bicyclic) bond motifs is 1. The molecule has 140 valence electrons. The zero-order valence-electron chi connectivity index (χ0n) is 15.0. The van der Waals surface area contributed by atoms with Crippen molar-refractivity contribution in [3.63, 3.8) is 0 Å². The second-order valence-corrected chi connectivity index (χ2v) is 7.76. The summed E-state index contributed by atoms with van der Waals surface area (Å²) in [5, 5.41) is 2.41. The smallest absolute Gasteiger partial charge is 0.262 e. The average Bonchev–Trinajstić information content (AvgIpc) is 3.36. The molecule has 0 spiro atoms. The second-order valence-electron chi connectivity index (χ2n) is 6.86. The van der Waals surface area contributed by atoms with Crippen LogP contribution in [0.1, 0.15) is 37.8 Å². The van der Waals surface area contributed by atoms with Crippen molar-refractivity contribution in [1.82, 2.24) is 14.5 Å². The molecule has 1 amide bonds. The molecule has 5 nitrogen and oxygen atoms in total. The van der Waals surface area contributed by atoms with E-state index in [1.165, 1.54) is 28.3 Å². The Morgan fingerprint density at radius 3 is 2.89 bits per heavy atom. The van der Waals surface area contributed by atoms with E-state index in [1.54, 1.807) is 29.2 Å². The SMILES string of the molecule is CC(c1ccccc1F)N(C(=O)CCn1cnc2sccc2c1=O)C1CC1. The highest BCUT2D eigenvalue weighted by molar-refractivity contribution is 7.16. The van der Waals surface area contributed by atoms with Crippen molar-refractivity contribution >= 4 is 27.5 Å². The zero-order valence-corrected chi connectivity index (χ0v) is 15.8. The Morgan fingerprint density at radius 2 is 2.15 bits per heavy atom. The maximum Gasteiger partial charge on any atom is 0.262 e. The summed E-state index contributed by atoms with van der Waals surface area (Å²) in [5.74, 6) is -0.364. The molecule has 2 heterocycles. The van der Waals surface area contributed by atoms with Gasteiger partial charge in [-0.05, 0) is 37.3 Å². The molecule has 4 rings (SSSR count). The number of nitrogens with zero attached hydrogens (tertiary/aromatic N) is 3. The molecule has 7 heteroatoms. The summed E-state index contributed by atoms with van der Waals surface area (Å²) in [6.07, 6.45) is 3.56. The first-order valence-corrected chi connectivity index (χ1v) is 9.92. The topological polar surface area (TPSA) is 55.2 Å². The Hall–Kier alpha value is -2.54. The lowest BCUT2D eigenvalue weighted by atomic mass is 10.1. The maximum absolute atomic E-state index is 14.2. The van der Waals surface area contributed by atoms with E-state index in [2.05, 4.69) is 4.98 Å². The van der Waals surface area contributed by atoms with Crippen LogP contribution in [0.3, 0.4) is 0 Å². The molecule has 3 aromatic rings. The third-order valence-electron chi connectivity index (χ3n) is 5.02. The van der Waals surface area contributed by atoms with Crippen LogP contribution in [0.5, 0.6) is 0 Å². The number of aryl methyl sites for hydroxylation is 1. The van der Waals surface area contributed by atoms with Crippen molar-refractivity contribution in [3.8, 4) is 0 Å². The summed E-state index contributed by atoms with van der Waals surface area (Å²) in [6, 6.07) is 8.15. The Morgan fingerprint density at radius 1 is 1.37 bits per heavy atom. The third kappa shape index (κ3) is 3.51. The number of hydrogen-bond donors (Lipinski definition) is 0. The number of rotatable bonds is 6. The van der Waals surface area contributed by atoms with E-state index >= 15 is 0 Å². The molecular weight excluding hydrogens is 365 g/mol. The highest BCUT2D eigenvalue weighted by atomic mass is 32.1. The summed E-state index contributed by atoms with van der Waals surface area (Å²) in [5.41, 5.74) is 0.394. The van der Waals surface area contributed by atoms with E-state index in [-0.39, 0.29) is 42.3 Å². The lowest BCUT2D eigenvalue weighted by Crippen LogP contribution is -2.37. The van der Waals surface area contributed by atoms with Crippen LogP contribution in [-0.2, 0) is 11.3 Å². The molecule has 27 heavy (non-hydrogen) atoms. The Labute approximate surface area is 160 Å². The molecule has 1 saturated carbocycles. The minimum absolute atomic E-state index is 0.0643. The number of carbonyl (C=O) groups excluding carboxylic acids is 1. The summed E-state index contributed by atoms with van der Waals surface area (Å²) >= 11 is 1.42. The van der Waals surface area contributed by atoms with Crippen LogP contribution in [0.15, 0.2) is 46.8 Å². The van der Waals surface area contributed by atoms with Crippen molar-refractivity contribution in [2.24, 2.45) is 0 Å². The van der Waals surface area contributed by atoms with Gasteiger partial charge in [-0.2, -0.15) is 0 Å². The zero-order chi connectivity index (χ0) is 19.0. The lowest BCUT2D eigenvalue weighted by molar-refractivity contribution is -0.134. The number of hydrogen-bond acceptors (Lipinski definition) is 4. The van der Waals surface area contributed by atoms with Crippen LogP contribution < -0.4 is 5.56 Å². The third-order valence-corrected chi connectivity index (χ3v) is 5.84. The quantitative estimate of drug-likeness (QED) is 0.650. The first-order valence-electron chi connectivity index (χ1n) is 9.04. The summed E-state index contributed by atoms with van der Waals surface area (Å²) in [7, 11) is 0. The van der Waals surface area contributed by atoms with Gasteiger partial charge < -0.3 is 4.90 Å². The van der Waals surface area contributed by atoms with Gasteiger partial charge in [0.1, 0.15) is 10.6 Å². The average molecular weight is 385 g/mol. The number of aromatic nitrogens is 2. The predicted octanol–water partition coefficient (Wildman–Crippen LogP) is 3.74. The molecular formula is C20H20FN3O2S. The Balaban J connectivity index is 1.52. The number of carbonyl (C=O) groups is 1. The van der Waals surface area contributed by atoms with Crippen LogP contribution in [-0.4, -0.2) is 26.4 Å². The molecule has 0 radical (unpaired) electrons. The van der Waals surface area contributed by atoms with E-state index in [4.69, 9.17) is 0 Å².